The van der Waals surface area contributed by atoms with Gasteiger partial charge in [0.2, 0.25) is 0 Å². The van der Waals surface area contributed by atoms with Crippen molar-refractivity contribution >= 4 is 23.5 Å². The predicted molar refractivity (Wildman–Crippen MR) is 91.2 cm³/mol. The lowest BCUT2D eigenvalue weighted by molar-refractivity contribution is 0.252. The molecule has 1 heterocycles. The molecule has 116 valence electrons. The zero-order valence-corrected chi connectivity index (χ0v) is 13.5. The summed E-state index contributed by atoms with van der Waals surface area (Å²) >= 11 is 2.05. The standard InChI is InChI=1S/C16H25N3OS/c1-2-8-17-16(20)18-15-5-3-14(4-6-15)7-9-19-10-12-21-13-11-19/h3-6H,2,7-13H2,1H3,(H2,17,18,20). The molecule has 1 aromatic carbocycles. The minimum atomic E-state index is -0.129. The topological polar surface area (TPSA) is 44.4 Å². The summed E-state index contributed by atoms with van der Waals surface area (Å²) in [6.45, 7) is 6.29. The van der Waals surface area contributed by atoms with E-state index in [-0.39, 0.29) is 6.03 Å². The van der Waals surface area contributed by atoms with E-state index in [4.69, 9.17) is 0 Å². The highest BCUT2D eigenvalue weighted by Gasteiger charge is 2.09. The number of benzene rings is 1. The van der Waals surface area contributed by atoms with Crippen LogP contribution in [0.25, 0.3) is 0 Å². The summed E-state index contributed by atoms with van der Waals surface area (Å²) in [6, 6.07) is 8.04. The van der Waals surface area contributed by atoms with E-state index in [1.54, 1.807) is 0 Å². The molecule has 0 spiro atoms. The summed E-state index contributed by atoms with van der Waals surface area (Å²) in [4.78, 5) is 14.1. The van der Waals surface area contributed by atoms with E-state index in [2.05, 4.69) is 27.7 Å². The summed E-state index contributed by atoms with van der Waals surface area (Å²) < 4.78 is 0. The van der Waals surface area contributed by atoms with Crippen LogP contribution in [-0.2, 0) is 6.42 Å². The van der Waals surface area contributed by atoms with Gasteiger partial charge in [0.1, 0.15) is 0 Å². The van der Waals surface area contributed by atoms with Crippen molar-refractivity contribution in [2.45, 2.75) is 19.8 Å². The van der Waals surface area contributed by atoms with Gasteiger partial charge in [0, 0.05) is 43.4 Å². The fourth-order valence-electron chi connectivity index (χ4n) is 2.28. The molecule has 2 amide bonds. The van der Waals surface area contributed by atoms with E-state index >= 15 is 0 Å². The van der Waals surface area contributed by atoms with Crippen molar-refractivity contribution in [2.75, 3.05) is 43.0 Å². The van der Waals surface area contributed by atoms with Crippen molar-refractivity contribution in [1.29, 1.82) is 0 Å². The molecule has 0 unspecified atom stereocenters. The third-order valence-electron chi connectivity index (χ3n) is 3.57. The fourth-order valence-corrected chi connectivity index (χ4v) is 3.26. The lowest BCUT2D eigenvalue weighted by Gasteiger charge is -2.26. The maximum atomic E-state index is 11.6. The van der Waals surface area contributed by atoms with E-state index in [0.29, 0.717) is 6.54 Å². The van der Waals surface area contributed by atoms with Gasteiger partial charge in [0.15, 0.2) is 0 Å². The molecule has 0 atom stereocenters. The molecule has 0 radical (unpaired) electrons. The zero-order chi connectivity index (χ0) is 14.9. The number of rotatable bonds is 6. The molecule has 0 aromatic heterocycles. The number of hydrogen-bond donors (Lipinski definition) is 2. The van der Waals surface area contributed by atoms with Gasteiger partial charge in [0.25, 0.3) is 0 Å². The Kier molecular flexibility index (Phi) is 6.89. The third-order valence-corrected chi connectivity index (χ3v) is 4.51. The van der Waals surface area contributed by atoms with Gasteiger partial charge in [0.05, 0.1) is 0 Å². The van der Waals surface area contributed by atoms with Crippen molar-refractivity contribution in [1.82, 2.24) is 10.2 Å². The van der Waals surface area contributed by atoms with Crippen LogP contribution in [0.3, 0.4) is 0 Å². The molecule has 0 aliphatic carbocycles. The predicted octanol–water partition coefficient (Wildman–Crippen LogP) is 2.81. The molecule has 2 rings (SSSR count). The van der Waals surface area contributed by atoms with Crippen LogP contribution in [0, 0.1) is 0 Å². The second-order valence-electron chi connectivity index (χ2n) is 5.28. The number of anilines is 1. The summed E-state index contributed by atoms with van der Waals surface area (Å²) in [7, 11) is 0. The van der Waals surface area contributed by atoms with Crippen molar-refractivity contribution in [3.8, 4) is 0 Å². The van der Waals surface area contributed by atoms with Crippen LogP contribution in [-0.4, -0.2) is 48.6 Å². The number of urea groups is 1. The minimum Gasteiger partial charge on any atom is -0.338 e. The number of hydrogen-bond acceptors (Lipinski definition) is 3. The second kappa shape index (κ2) is 8.95. The van der Waals surface area contributed by atoms with Crippen molar-refractivity contribution in [3.63, 3.8) is 0 Å². The summed E-state index contributed by atoms with van der Waals surface area (Å²) in [5, 5.41) is 5.65. The molecule has 0 saturated carbocycles. The first-order valence-corrected chi connectivity index (χ1v) is 8.87. The third kappa shape index (κ3) is 5.98. The maximum absolute atomic E-state index is 11.6. The Hall–Kier alpha value is -1.20. The van der Waals surface area contributed by atoms with Crippen LogP contribution in [0.5, 0.6) is 0 Å². The first kappa shape index (κ1) is 16.2. The number of thioether (sulfide) groups is 1. The highest BCUT2D eigenvalue weighted by molar-refractivity contribution is 7.99. The molecule has 1 saturated heterocycles. The first-order valence-electron chi connectivity index (χ1n) is 7.72. The first-order chi connectivity index (χ1) is 10.3. The number of amides is 2. The van der Waals surface area contributed by atoms with Gasteiger partial charge in [-0.1, -0.05) is 19.1 Å². The van der Waals surface area contributed by atoms with Crippen molar-refractivity contribution < 1.29 is 4.79 Å². The zero-order valence-electron chi connectivity index (χ0n) is 12.7. The van der Waals surface area contributed by atoms with Gasteiger partial charge in [-0.15, -0.1) is 0 Å². The number of nitrogens with one attached hydrogen (secondary N) is 2. The highest BCUT2D eigenvalue weighted by atomic mass is 32.2. The van der Waals surface area contributed by atoms with E-state index in [1.165, 1.54) is 30.2 Å². The lowest BCUT2D eigenvalue weighted by Crippen LogP contribution is -2.34. The van der Waals surface area contributed by atoms with Crippen LogP contribution in [0.2, 0.25) is 0 Å². The molecule has 1 fully saturated rings. The van der Waals surface area contributed by atoms with Gasteiger partial charge < -0.3 is 15.5 Å². The molecule has 5 heteroatoms. The molecule has 21 heavy (non-hydrogen) atoms. The lowest BCUT2D eigenvalue weighted by atomic mass is 10.1. The van der Waals surface area contributed by atoms with Gasteiger partial charge in [-0.05, 0) is 30.5 Å². The van der Waals surface area contributed by atoms with Crippen molar-refractivity contribution in [2.24, 2.45) is 0 Å². The fraction of sp³-hybridized carbons (Fsp3) is 0.562. The average Bonchev–Trinajstić information content (AvgIpc) is 2.53. The monoisotopic (exact) mass is 307 g/mol. The summed E-state index contributed by atoms with van der Waals surface area (Å²) in [6.07, 6.45) is 2.02. The Bertz CT molecular complexity index is 430. The second-order valence-corrected chi connectivity index (χ2v) is 6.51. The SMILES string of the molecule is CCCNC(=O)Nc1ccc(CCN2CCSCC2)cc1. The molecule has 0 bridgehead atoms. The Morgan fingerprint density at radius 1 is 1.24 bits per heavy atom. The Morgan fingerprint density at radius 2 is 1.95 bits per heavy atom. The molecular formula is C16H25N3OS. The molecular weight excluding hydrogens is 282 g/mol. The molecule has 1 aliphatic rings. The smallest absolute Gasteiger partial charge is 0.319 e. The van der Waals surface area contributed by atoms with Gasteiger partial charge in [-0.3, -0.25) is 0 Å². The highest BCUT2D eigenvalue weighted by Crippen LogP contribution is 2.12. The maximum Gasteiger partial charge on any atom is 0.319 e. The van der Waals surface area contributed by atoms with Crippen LogP contribution < -0.4 is 10.6 Å². The summed E-state index contributed by atoms with van der Waals surface area (Å²) in [5.41, 5.74) is 2.18. The van der Waals surface area contributed by atoms with Crippen LogP contribution in [0.15, 0.2) is 24.3 Å². The van der Waals surface area contributed by atoms with E-state index in [9.17, 15) is 4.79 Å². The Morgan fingerprint density at radius 3 is 2.62 bits per heavy atom. The number of carbonyl (C=O) groups excluding carboxylic acids is 1. The van der Waals surface area contributed by atoms with Crippen molar-refractivity contribution in [3.05, 3.63) is 29.8 Å². The molecule has 1 aromatic rings. The number of carbonyl (C=O) groups is 1. The molecule has 1 aliphatic heterocycles. The summed E-state index contributed by atoms with van der Waals surface area (Å²) in [5.74, 6) is 2.52. The number of nitrogens with zero attached hydrogens (tertiary/aromatic N) is 1. The van der Waals surface area contributed by atoms with E-state index in [0.717, 1.165) is 25.1 Å². The Labute approximate surface area is 131 Å². The van der Waals surface area contributed by atoms with Gasteiger partial charge in [-0.2, -0.15) is 11.8 Å². The molecule has 4 nitrogen and oxygen atoms in total. The minimum absolute atomic E-state index is 0.129. The van der Waals surface area contributed by atoms with E-state index < -0.39 is 0 Å². The average molecular weight is 307 g/mol. The van der Waals surface area contributed by atoms with Crippen LogP contribution in [0.4, 0.5) is 10.5 Å². The van der Waals surface area contributed by atoms with Crippen LogP contribution >= 0.6 is 11.8 Å². The van der Waals surface area contributed by atoms with E-state index in [1.807, 2.05) is 30.8 Å². The van der Waals surface area contributed by atoms with Crippen LogP contribution in [0.1, 0.15) is 18.9 Å². The van der Waals surface area contributed by atoms with Gasteiger partial charge in [-0.25, -0.2) is 4.79 Å². The quantitative estimate of drug-likeness (QED) is 0.849. The van der Waals surface area contributed by atoms with Gasteiger partial charge >= 0.3 is 6.03 Å². The largest absolute Gasteiger partial charge is 0.338 e. The normalized spacial score (nSPS) is 15.7. The Balaban J connectivity index is 1.74. The molecule has 2 N–H and O–H groups in total.